The topological polar surface area (TPSA) is 18.5 Å². The first-order valence-corrected chi connectivity index (χ1v) is 7.68. The summed E-state index contributed by atoms with van der Waals surface area (Å²) in [6.45, 7) is 5.69. The summed E-state index contributed by atoms with van der Waals surface area (Å²) < 4.78 is 12.0. The summed E-state index contributed by atoms with van der Waals surface area (Å²) in [5, 5.41) is 0. The van der Waals surface area contributed by atoms with Gasteiger partial charge >= 0.3 is 0 Å². The molecule has 0 heterocycles. The van der Waals surface area contributed by atoms with Gasteiger partial charge in [-0.15, -0.1) is 12.8 Å². The van der Waals surface area contributed by atoms with Crippen LogP contribution in [0.2, 0.25) is 0 Å². The highest BCUT2D eigenvalue weighted by atomic mass is 35.5. The Hall–Kier alpha value is -1.49. The molecule has 1 aromatic carbocycles. The van der Waals surface area contributed by atoms with E-state index in [-0.39, 0.29) is 12.4 Å². The Kier molecular flexibility index (Phi) is 12.2. The monoisotopic (exact) mass is 335 g/mol. The summed E-state index contributed by atoms with van der Waals surface area (Å²) in [6, 6.07) is 10.4. The number of hydrogen-bond acceptors (Lipinski definition) is 2. The van der Waals surface area contributed by atoms with Gasteiger partial charge in [0.15, 0.2) is 13.5 Å². The second kappa shape index (κ2) is 13.0. The van der Waals surface area contributed by atoms with E-state index in [1.54, 1.807) is 0 Å². The second-order valence-electron chi connectivity index (χ2n) is 5.43. The number of halogens is 1. The van der Waals surface area contributed by atoms with Crippen LogP contribution < -0.4 is 12.4 Å². The number of rotatable bonds is 11. The predicted octanol–water partition coefficient (Wildman–Crippen LogP) is 0.0221. The molecular formula is C19H26ClNO2. The molecule has 0 aliphatic rings. The van der Waals surface area contributed by atoms with Crippen molar-refractivity contribution in [2.45, 2.75) is 26.3 Å². The van der Waals surface area contributed by atoms with Crippen molar-refractivity contribution in [2.24, 2.45) is 0 Å². The number of nitrogens with zero attached hydrogens (tertiary/aromatic N) is 1. The van der Waals surface area contributed by atoms with E-state index in [1.807, 2.05) is 6.07 Å². The summed E-state index contributed by atoms with van der Waals surface area (Å²) in [4.78, 5) is 0. The molecular weight excluding hydrogens is 310 g/mol. The van der Waals surface area contributed by atoms with E-state index in [2.05, 4.69) is 43.0 Å². The van der Waals surface area contributed by atoms with Gasteiger partial charge in [0.05, 0.1) is 6.54 Å². The zero-order chi connectivity index (χ0) is 16.1. The third-order valence-corrected chi connectivity index (χ3v) is 3.45. The minimum atomic E-state index is 0. The third-order valence-electron chi connectivity index (χ3n) is 3.45. The van der Waals surface area contributed by atoms with Crippen LogP contribution in [0.4, 0.5) is 0 Å². The summed E-state index contributed by atoms with van der Waals surface area (Å²) >= 11 is 0. The van der Waals surface area contributed by atoms with E-state index in [4.69, 9.17) is 22.3 Å². The highest BCUT2D eigenvalue weighted by Crippen LogP contribution is 2.17. The molecule has 0 radical (unpaired) electrons. The molecule has 0 amide bonds. The third kappa shape index (κ3) is 8.65. The van der Waals surface area contributed by atoms with Crippen molar-refractivity contribution >= 4 is 0 Å². The second-order valence-corrected chi connectivity index (χ2v) is 5.43. The zero-order valence-corrected chi connectivity index (χ0v) is 14.6. The van der Waals surface area contributed by atoms with Crippen molar-refractivity contribution in [1.29, 1.82) is 0 Å². The molecule has 126 valence electrons. The largest absolute Gasteiger partial charge is 1.00 e. The summed E-state index contributed by atoms with van der Waals surface area (Å²) in [7, 11) is 0. The molecule has 0 saturated heterocycles. The van der Waals surface area contributed by atoms with Gasteiger partial charge in [-0.1, -0.05) is 55.5 Å². The Morgan fingerprint density at radius 2 is 1.57 bits per heavy atom. The number of unbranched alkanes of at least 4 members (excludes halogenated alkanes) is 1. The highest BCUT2D eigenvalue weighted by molar-refractivity contribution is 5.13. The molecule has 0 saturated carbocycles. The molecule has 23 heavy (non-hydrogen) atoms. The van der Waals surface area contributed by atoms with Gasteiger partial charge in [-0.05, 0) is 6.42 Å². The average Bonchev–Trinajstić information content (AvgIpc) is 2.54. The van der Waals surface area contributed by atoms with Gasteiger partial charge in [0.2, 0.25) is 0 Å². The van der Waals surface area contributed by atoms with Crippen LogP contribution in [0.3, 0.4) is 0 Å². The number of quaternary nitrogens is 1. The number of ether oxygens (including phenoxy) is 2. The molecule has 4 heteroatoms. The standard InChI is InChI=1S/C19H26NO2.ClH/c1-4-7-13-20(17-21-14-5-2,18-22-15-6-3)16-19-11-9-8-10-12-19;/h2-3,8-12H,4,7,13-18H2,1H3;1H/q+1;/p-1. The van der Waals surface area contributed by atoms with Crippen molar-refractivity contribution < 1.29 is 26.4 Å². The van der Waals surface area contributed by atoms with Gasteiger partial charge in [0.1, 0.15) is 19.8 Å². The van der Waals surface area contributed by atoms with Crippen molar-refractivity contribution in [2.75, 3.05) is 33.2 Å². The van der Waals surface area contributed by atoms with E-state index in [0.29, 0.717) is 31.2 Å². The maximum atomic E-state index is 5.65. The lowest BCUT2D eigenvalue weighted by molar-refractivity contribution is -0.974. The average molecular weight is 336 g/mol. The maximum absolute atomic E-state index is 5.65. The van der Waals surface area contributed by atoms with Crippen LogP contribution in [0.1, 0.15) is 25.3 Å². The molecule has 0 N–H and O–H groups in total. The normalized spacial score (nSPS) is 10.4. The van der Waals surface area contributed by atoms with Crippen LogP contribution in [0.5, 0.6) is 0 Å². The summed E-state index contributed by atoms with van der Waals surface area (Å²) in [5.41, 5.74) is 1.26. The molecule has 0 bridgehead atoms. The first kappa shape index (κ1) is 21.5. The Morgan fingerprint density at radius 1 is 1.00 bits per heavy atom. The number of hydrogen-bond donors (Lipinski definition) is 0. The van der Waals surface area contributed by atoms with Gasteiger partial charge in [-0.2, -0.15) is 0 Å². The van der Waals surface area contributed by atoms with Crippen molar-refractivity contribution in [3.8, 4) is 24.7 Å². The number of terminal acetylenes is 2. The Bertz CT molecular complexity index is 470. The zero-order valence-electron chi connectivity index (χ0n) is 13.8. The molecule has 1 rings (SSSR count). The molecule has 0 fully saturated rings. The van der Waals surface area contributed by atoms with Gasteiger partial charge in [-0.25, -0.2) is 0 Å². The minimum absolute atomic E-state index is 0. The molecule has 0 spiro atoms. The van der Waals surface area contributed by atoms with Crippen LogP contribution in [0, 0.1) is 24.7 Å². The molecule has 0 aliphatic heterocycles. The van der Waals surface area contributed by atoms with Crippen LogP contribution >= 0.6 is 0 Å². The van der Waals surface area contributed by atoms with Crippen LogP contribution in [0.25, 0.3) is 0 Å². The van der Waals surface area contributed by atoms with Gasteiger partial charge in [0.25, 0.3) is 0 Å². The maximum Gasteiger partial charge on any atom is 0.186 e. The number of benzene rings is 1. The Morgan fingerprint density at radius 3 is 2.04 bits per heavy atom. The van der Waals surface area contributed by atoms with Crippen LogP contribution in [0.15, 0.2) is 30.3 Å². The fourth-order valence-corrected chi connectivity index (χ4v) is 2.40. The fraction of sp³-hybridized carbons (Fsp3) is 0.474. The quantitative estimate of drug-likeness (QED) is 0.246. The summed E-state index contributed by atoms with van der Waals surface area (Å²) in [6.07, 6.45) is 12.8. The van der Waals surface area contributed by atoms with Crippen LogP contribution in [-0.4, -0.2) is 37.7 Å². The van der Waals surface area contributed by atoms with Gasteiger partial charge in [0, 0.05) is 5.56 Å². The lowest BCUT2D eigenvalue weighted by atomic mass is 10.2. The predicted molar refractivity (Wildman–Crippen MR) is 89.5 cm³/mol. The van der Waals surface area contributed by atoms with E-state index >= 15 is 0 Å². The first-order chi connectivity index (χ1) is 10.8. The van der Waals surface area contributed by atoms with E-state index in [0.717, 1.165) is 25.9 Å². The van der Waals surface area contributed by atoms with Gasteiger partial charge < -0.3 is 21.9 Å². The molecule has 1 aromatic rings. The molecule has 0 unspecified atom stereocenters. The lowest BCUT2D eigenvalue weighted by Gasteiger charge is -2.37. The van der Waals surface area contributed by atoms with E-state index < -0.39 is 0 Å². The van der Waals surface area contributed by atoms with Crippen molar-refractivity contribution in [3.63, 3.8) is 0 Å². The smallest absolute Gasteiger partial charge is 0.186 e. The Balaban J connectivity index is 0.00000484. The summed E-state index contributed by atoms with van der Waals surface area (Å²) in [5.74, 6) is 5.04. The van der Waals surface area contributed by atoms with E-state index in [9.17, 15) is 0 Å². The minimum Gasteiger partial charge on any atom is -1.00 e. The lowest BCUT2D eigenvalue weighted by Crippen LogP contribution is -3.00. The van der Waals surface area contributed by atoms with Crippen molar-refractivity contribution in [1.82, 2.24) is 0 Å². The molecule has 0 atom stereocenters. The van der Waals surface area contributed by atoms with Crippen molar-refractivity contribution in [3.05, 3.63) is 35.9 Å². The Labute approximate surface area is 147 Å². The molecule has 3 nitrogen and oxygen atoms in total. The first-order valence-electron chi connectivity index (χ1n) is 7.68. The molecule has 0 aliphatic carbocycles. The SMILES string of the molecule is C#CCOC[N+](CCCC)(COCC#C)Cc1ccccc1.[Cl-]. The van der Waals surface area contributed by atoms with Crippen LogP contribution in [-0.2, 0) is 16.0 Å². The van der Waals surface area contributed by atoms with E-state index in [1.165, 1.54) is 5.56 Å². The highest BCUT2D eigenvalue weighted by Gasteiger charge is 2.28. The molecule has 0 aromatic heterocycles. The fourth-order valence-electron chi connectivity index (χ4n) is 2.40. The van der Waals surface area contributed by atoms with Gasteiger partial charge in [-0.3, -0.25) is 4.48 Å².